The third kappa shape index (κ3) is 3.42. The Morgan fingerprint density at radius 2 is 1.67 bits per heavy atom. The van der Waals surface area contributed by atoms with E-state index < -0.39 is 0 Å². The van der Waals surface area contributed by atoms with Gasteiger partial charge in [0.05, 0.1) is 6.61 Å². The summed E-state index contributed by atoms with van der Waals surface area (Å²) in [4.78, 5) is 0. The van der Waals surface area contributed by atoms with Gasteiger partial charge in [0.15, 0.2) is 0 Å². The molecule has 0 aromatic heterocycles. The van der Waals surface area contributed by atoms with E-state index in [2.05, 4.69) is 53.8 Å². The highest BCUT2D eigenvalue weighted by Gasteiger charge is 2.03. The van der Waals surface area contributed by atoms with E-state index >= 15 is 0 Å². The van der Waals surface area contributed by atoms with Gasteiger partial charge in [0.1, 0.15) is 0 Å². The van der Waals surface area contributed by atoms with E-state index in [4.69, 9.17) is 4.74 Å². The third-order valence-electron chi connectivity index (χ3n) is 2.90. The third-order valence-corrected chi connectivity index (χ3v) is 2.90. The molecule has 2 aromatic carbocycles. The van der Waals surface area contributed by atoms with E-state index in [0.29, 0.717) is 0 Å². The smallest absolute Gasteiger partial charge is 0.0587 e. The molecule has 2 heteroatoms. The highest BCUT2D eigenvalue weighted by atomic mass is 16.5. The molecule has 0 aliphatic heterocycles. The van der Waals surface area contributed by atoms with Crippen LogP contribution in [0.15, 0.2) is 54.6 Å². The molecular formula is C16H19NO. The number of rotatable bonds is 6. The fraction of sp³-hybridized carbons (Fsp3) is 0.250. The second-order valence-electron chi connectivity index (χ2n) is 4.19. The standard InChI is InChI=1S/C16H19NO/c1-18-12-11-17-13-15-9-5-6-10-16(15)14-7-3-2-4-8-14/h2-10,17H,11-13H2,1H3. The van der Waals surface area contributed by atoms with Crippen LogP contribution in [-0.4, -0.2) is 20.3 Å². The second-order valence-corrected chi connectivity index (χ2v) is 4.19. The Labute approximate surface area is 109 Å². The largest absolute Gasteiger partial charge is 0.383 e. The van der Waals surface area contributed by atoms with Crippen LogP contribution in [0.25, 0.3) is 11.1 Å². The Balaban J connectivity index is 2.11. The molecule has 0 amide bonds. The lowest BCUT2D eigenvalue weighted by molar-refractivity contribution is 0.199. The van der Waals surface area contributed by atoms with E-state index in [-0.39, 0.29) is 0 Å². The molecule has 1 N–H and O–H groups in total. The molecule has 18 heavy (non-hydrogen) atoms. The first-order valence-electron chi connectivity index (χ1n) is 6.25. The molecule has 0 unspecified atom stereocenters. The summed E-state index contributed by atoms with van der Waals surface area (Å²) in [6, 6.07) is 19.0. The van der Waals surface area contributed by atoms with E-state index in [9.17, 15) is 0 Å². The molecule has 0 heterocycles. The summed E-state index contributed by atoms with van der Waals surface area (Å²) >= 11 is 0. The van der Waals surface area contributed by atoms with Gasteiger partial charge < -0.3 is 10.1 Å². The van der Waals surface area contributed by atoms with Gasteiger partial charge in [-0.05, 0) is 16.7 Å². The van der Waals surface area contributed by atoms with E-state index in [0.717, 1.165) is 19.7 Å². The highest BCUT2D eigenvalue weighted by molar-refractivity contribution is 5.67. The fourth-order valence-electron chi connectivity index (χ4n) is 1.97. The van der Waals surface area contributed by atoms with Crippen molar-refractivity contribution in [2.45, 2.75) is 6.54 Å². The number of benzene rings is 2. The lowest BCUT2D eigenvalue weighted by Crippen LogP contribution is -2.18. The number of ether oxygens (including phenoxy) is 1. The maximum absolute atomic E-state index is 5.03. The maximum Gasteiger partial charge on any atom is 0.0587 e. The van der Waals surface area contributed by atoms with Crippen molar-refractivity contribution >= 4 is 0 Å². The Morgan fingerprint density at radius 1 is 0.944 bits per heavy atom. The molecule has 2 aromatic rings. The van der Waals surface area contributed by atoms with Crippen molar-refractivity contribution in [3.05, 3.63) is 60.2 Å². The molecule has 0 aliphatic rings. The van der Waals surface area contributed by atoms with Crippen LogP contribution in [0.1, 0.15) is 5.56 Å². The monoisotopic (exact) mass is 241 g/mol. The average molecular weight is 241 g/mol. The second kappa shape index (κ2) is 6.94. The number of hydrogen-bond acceptors (Lipinski definition) is 2. The summed E-state index contributed by atoms with van der Waals surface area (Å²) < 4.78 is 5.03. The molecule has 0 saturated carbocycles. The van der Waals surface area contributed by atoms with Crippen LogP contribution in [0.4, 0.5) is 0 Å². The average Bonchev–Trinajstić information content (AvgIpc) is 2.45. The zero-order chi connectivity index (χ0) is 12.6. The van der Waals surface area contributed by atoms with Crippen LogP contribution in [0.3, 0.4) is 0 Å². The molecular weight excluding hydrogens is 222 g/mol. The molecule has 94 valence electrons. The minimum atomic E-state index is 0.744. The molecule has 0 radical (unpaired) electrons. The van der Waals surface area contributed by atoms with Gasteiger partial charge in [-0.3, -0.25) is 0 Å². The van der Waals surface area contributed by atoms with Crippen molar-refractivity contribution in [2.24, 2.45) is 0 Å². The summed E-state index contributed by atoms with van der Waals surface area (Å²) in [6.07, 6.45) is 0. The van der Waals surface area contributed by atoms with Crippen LogP contribution in [0.5, 0.6) is 0 Å². The lowest BCUT2D eigenvalue weighted by atomic mass is 10.00. The predicted octanol–water partition coefficient (Wildman–Crippen LogP) is 3.09. The normalized spacial score (nSPS) is 10.5. The van der Waals surface area contributed by atoms with Crippen molar-refractivity contribution in [2.75, 3.05) is 20.3 Å². The topological polar surface area (TPSA) is 21.3 Å². The minimum absolute atomic E-state index is 0.744. The summed E-state index contributed by atoms with van der Waals surface area (Å²) in [6.45, 7) is 2.49. The molecule has 0 spiro atoms. The van der Waals surface area contributed by atoms with Crippen LogP contribution < -0.4 is 5.32 Å². The molecule has 0 aliphatic carbocycles. The summed E-state index contributed by atoms with van der Waals surface area (Å²) in [5.41, 5.74) is 3.88. The van der Waals surface area contributed by atoms with Crippen LogP contribution in [0.2, 0.25) is 0 Å². The van der Waals surface area contributed by atoms with Gasteiger partial charge in [-0.2, -0.15) is 0 Å². The van der Waals surface area contributed by atoms with Gasteiger partial charge in [0.25, 0.3) is 0 Å². The Bertz CT molecular complexity index is 468. The number of nitrogens with one attached hydrogen (secondary N) is 1. The van der Waals surface area contributed by atoms with Crippen molar-refractivity contribution in [3.63, 3.8) is 0 Å². The SMILES string of the molecule is COCCNCc1ccccc1-c1ccccc1. The highest BCUT2D eigenvalue weighted by Crippen LogP contribution is 2.22. The first-order chi connectivity index (χ1) is 8.92. The van der Waals surface area contributed by atoms with Gasteiger partial charge in [0.2, 0.25) is 0 Å². The van der Waals surface area contributed by atoms with Crippen molar-refractivity contribution in [1.82, 2.24) is 5.32 Å². The van der Waals surface area contributed by atoms with Gasteiger partial charge in [-0.25, -0.2) is 0 Å². The van der Waals surface area contributed by atoms with E-state index in [1.165, 1.54) is 16.7 Å². The minimum Gasteiger partial charge on any atom is -0.383 e. The van der Waals surface area contributed by atoms with E-state index in [1.807, 2.05) is 6.07 Å². The van der Waals surface area contributed by atoms with Crippen molar-refractivity contribution < 1.29 is 4.74 Å². The quantitative estimate of drug-likeness (QED) is 0.785. The maximum atomic E-state index is 5.03. The van der Waals surface area contributed by atoms with Gasteiger partial charge in [-0.15, -0.1) is 0 Å². The molecule has 0 bridgehead atoms. The molecule has 0 fully saturated rings. The molecule has 2 nitrogen and oxygen atoms in total. The van der Waals surface area contributed by atoms with Crippen LogP contribution >= 0.6 is 0 Å². The number of hydrogen-bond donors (Lipinski definition) is 1. The Kier molecular flexibility index (Phi) is 4.94. The molecule has 0 atom stereocenters. The van der Waals surface area contributed by atoms with Gasteiger partial charge >= 0.3 is 0 Å². The van der Waals surface area contributed by atoms with Crippen LogP contribution in [-0.2, 0) is 11.3 Å². The van der Waals surface area contributed by atoms with Crippen molar-refractivity contribution in [1.29, 1.82) is 0 Å². The summed E-state index contributed by atoms with van der Waals surface area (Å²) in [5.74, 6) is 0. The predicted molar refractivity (Wildman–Crippen MR) is 75.5 cm³/mol. The first-order valence-corrected chi connectivity index (χ1v) is 6.25. The first kappa shape index (κ1) is 12.8. The van der Waals surface area contributed by atoms with Gasteiger partial charge in [-0.1, -0.05) is 54.6 Å². The van der Waals surface area contributed by atoms with Crippen LogP contribution in [0, 0.1) is 0 Å². The fourth-order valence-corrected chi connectivity index (χ4v) is 1.97. The summed E-state index contributed by atoms with van der Waals surface area (Å²) in [7, 11) is 1.72. The molecule has 0 saturated heterocycles. The van der Waals surface area contributed by atoms with E-state index in [1.54, 1.807) is 7.11 Å². The molecule has 2 rings (SSSR count). The number of methoxy groups -OCH3 is 1. The summed E-state index contributed by atoms with van der Waals surface area (Å²) in [5, 5.41) is 3.39. The zero-order valence-electron chi connectivity index (χ0n) is 10.7. The van der Waals surface area contributed by atoms with Crippen molar-refractivity contribution in [3.8, 4) is 11.1 Å². The lowest BCUT2D eigenvalue weighted by Gasteiger charge is -2.10. The van der Waals surface area contributed by atoms with Gasteiger partial charge in [0, 0.05) is 20.2 Å². The Hall–Kier alpha value is -1.64. The zero-order valence-corrected chi connectivity index (χ0v) is 10.7. The Morgan fingerprint density at radius 3 is 2.44 bits per heavy atom.